The minimum absolute atomic E-state index is 0.0618. The van der Waals surface area contributed by atoms with Gasteiger partial charge in [-0.05, 0) is 49.9 Å². The van der Waals surface area contributed by atoms with Gasteiger partial charge in [-0.25, -0.2) is 15.4 Å². The molecule has 3 aliphatic heterocycles. The molecular weight excluding hydrogens is 576 g/mol. The van der Waals surface area contributed by atoms with Crippen LogP contribution in [0.2, 0.25) is 0 Å². The number of ether oxygens (including phenoxy) is 1. The van der Waals surface area contributed by atoms with Crippen molar-refractivity contribution in [3.8, 4) is 6.01 Å². The minimum atomic E-state index is -0.875. The SMILES string of the molecule is [C-]#[N+]C[C@H]1CN(c2nc(OC[C@@H]3C[C@@H](F)CN3C)nc3c2CCN(c2cccc4cccc(C)c24)C3)CCN1C(=O)/C=C/CF. The lowest BCUT2D eigenvalue weighted by Crippen LogP contribution is -2.56. The molecule has 0 radical (unpaired) electrons. The van der Waals surface area contributed by atoms with Crippen LogP contribution in [0.15, 0.2) is 48.6 Å². The second-order valence-electron chi connectivity index (χ2n) is 12.1. The summed E-state index contributed by atoms with van der Waals surface area (Å²) in [7, 11) is 1.90. The van der Waals surface area contributed by atoms with Gasteiger partial charge in [-0.3, -0.25) is 9.69 Å². The largest absolute Gasteiger partial charge is 0.462 e. The van der Waals surface area contributed by atoms with Crippen LogP contribution in [0, 0.1) is 13.5 Å². The summed E-state index contributed by atoms with van der Waals surface area (Å²) < 4.78 is 33.0. The number of rotatable bonds is 8. The number of carbonyl (C=O) groups excluding carboxylic acids is 1. The van der Waals surface area contributed by atoms with Crippen LogP contribution in [0.4, 0.5) is 20.3 Å². The van der Waals surface area contributed by atoms with Crippen LogP contribution < -0.4 is 14.5 Å². The Balaban J connectivity index is 1.32. The number of likely N-dealkylation sites (N-methyl/N-ethyl adjacent to an activating group) is 1. The smallest absolute Gasteiger partial charge is 0.318 e. The monoisotopic (exact) mass is 615 g/mol. The van der Waals surface area contributed by atoms with Crippen molar-refractivity contribution in [1.29, 1.82) is 0 Å². The van der Waals surface area contributed by atoms with E-state index in [9.17, 15) is 13.6 Å². The Hall–Kier alpha value is -4.30. The number of halogens is 2. The van der Waals surface area contributed by atoms with Gasteiger partial charge in [-0.2, -0.15) is 9.97 Å². The summed E-state index contributed by atoms with van der Waals surface area (Å²) in [5.74, 6) is 0.468. The molecule has 9 nitrogen and oxygen atoms in total. The molecule has 1 amide bonds. The third-order valence-electron chi connectivity index (χ3n) is 9.21. The van der Waals surface area contributed by atoms with Crippen LogP contribution in [0.3, 0.4) is 0 Å². The molecule has 0 unspecified atom stereocenters. The average Bonchev–Trinajstić information content (AvgIpc) is 3.38. The number of alkyl halides is 2. The van der Waals surface area contributed by atoms with Gasteiger partial charge in [0.1, 0.15) is 31.3 Å². The Labute approximate surface area is 262 Å². The van der Waals surface area contributed by atoms with E-state index in [1.54, 1.807) is 4.90 Å². The molecule has 0 bridgehead atoms. The normalized spacial score (nSPS) is 22.2. The number of aromatic nitrogens is 2. The van der Waals surface area contributed by atoms with Crippen LogP contribution in [0.1, 0.15) is 23.2 Å². The number of amides is 1. The van der Waals surface area contributed by atoms with E-state index in [-0.39, 0.29) is 37.2 Å². The Morgan fingerprint density at radius 1 is 1.11 bits per heavy atom. The zero-order valence-corrected chi connectivity index (χ0v) is 25.8. The summed E-state index contributed by atoms with van der Waals surface area (Å²) in [6, 6.07) is 12.6. The van der Waals surface area contributed by atoms with Gasteiger partial charge in [0.15, 0.2) is 0 Å². The quantitative estimate of drug-likeness (QED) is 0.275. The first kappa shape index (κ1) is 30.7. The minimum Gasteiger partial charge on any atom is -0.462 e. The van der Waals surface area contributed by atoms with Crippen molar-refractivity contribution in [2.75, 3.05) is 69.4 Å². The molecule has 2 saturated heterocycles. The maximum Gasteiger partial charge on any atom is 0.318 e. The lowest BCUT2D eigenvalue weighted by atomic mass is 9.99. The Morgan fingerprint density at radius 3 is 2.69 bits per heavy atom. The first-order valence-corrected chi connectivity index (χ1v) is 15.6. The van der Waals surface area contributed by atoms with Gasteiger partial charge < -0.3 is 24.3 Å². The number of aryl methyl sites for hydroxylation is 1. The molecule has 1 aromatic heterocycles. The maximum absolute atomic E-state index is 14.1. The highest BCUT2D eigenvalue weighted by Gasteiger charge is 2.35. The molecule has 4 heterocycles. The molecule has 3 aliphatic rings. The summed E-state index contributed by atoms with van der Waals surface area (Å²) in [4.78, 5) is 34.3. The predicted octanol–water partition coefficient (Wildman–Crippen LogP) is 4.38. The first-order chi connectivity index (χ1) is 21.9. The fraction of sp³-hybridized carbons (Fsp3) is 0.471. The van der Waals surface area contributed by atoms with E-state index in [4.69, 9.17) is 21.3 Å². The molecule has 6 rings (SSSR count). The number of hydrogen-bond donors (Lipinski definition) is 0. The van der Waals surface area contributed by atoms with Crippen LogP contribution in [0.5, 0.6) is 6.01 Å². The number of carbonyl (C=O) groups is 1. The van der Waals surface area contributed by atoms with Gasteiger partial charge in [0.25, 0.3) is 0 Å². The van der Waals surface area contributed by atoms with Crippen molar-refractivity contribution >= 4 is 28.2 Å². The number of anilines is 2. The van der Waals surface area contributed by atoms with Gasteiger partial charge in [-0.15, -0.1) is 0 Å². The number of nitrogens with zero attached hydrogens (tertiary/aromatic N) is 7. The average molecular weight is 616 g/mol. The maximum atomic E-state index is 14.1. The number of fused-ring (bicyclic) bond motifs is 2. The molecule has 3 aromatic rings. The molecule has 236 valence electrons. The van der Waals surface area contributed by atoms with E-state index in [0.717, 1.165) is 29.3 Å². The third-order valence-corrected chi connectivity index (χ3v) is 9.21. The number of piperazine rings is 1. The zero-order chi connectivity index (χ0) is 31.5. The Kier molecular flexibility index (Phi) is 9.12. The molecule has 3 atom stereocenters. The summed E-state index contributed by atoms with van der Waals surface area (Å²) in [5, 5.41) is 2.42. The Morgan fingerprint density at radius 2 is 1.93 bits per heavy atom. The van der Waals surface area contributed by atoms with E-state index in [2.05, 4.69) is 58.0 Å². The van der Waals surface area contributed by atoms with Gasteiger partial charge >= 0.3 is 6.01 Å². The van der Waals surface area contributed by atoms with Crippen LogP contribution in [0.25, 0.3) is 15.6 Å². The van der Waals surface area contributed by atoms with E-state index in [0.29, 0.717) is 45.6 Å². The van der Waals surface area contributed by atoms with Gasteiger partial charge in [-0.1, -0.05) is 30.3 Å². The fourth-order valence-electron chi connectivity index (χ4n) is 6.91. The van der Waals surface area contributed by atoms with E-state index in [1.807, 2.05) is 11.9 Å². The number of likely N-dealkylation sites (tertiary alicyclic amines) is 1. The van der Waals surface area contributed by atoms with E-state index < -0.39 is 12.8 Å². The lowest BCUT2D eigenvalue weighted by Gasteiger charge is -2.41. The summed E-state index contributed by atoms with van der Waals surface area (Å²) >= 11 is 0. The highest BCUT2D eigenvalue weighted by molar-refractivity contribution is 5.97. The van der Waals surface area contributed by atoms with Crippen molar-refractivity contribution < 1.29 is 18.3 Å². The molecule has 0 saturated carbocycles. The summed E-state index contributed by atoms with van der Waals surface area (Å²) in [6.45, 7) is 12.4. The molecule has 0 N–H and O–H groups in total. The molecular formula is C34H39F2N7O2. The predicted molar refractivity (Wildman–Crippen MR) is 171 cm³/mol. The molecule has 0 spiro atoms. The van der Waals surface area contributed by atoms with Crippen molar-refractivity contribution in [2.24, 2.45) is 0 Å². The highest BCUT2D eigenvalue weighted by Crippen LogP contribution is 2.36. The number of allylic oxidation sites excluding steroid dienone is 1. The first-order valence-electron chi connectivity index (χ1n) is 15.6. The van der Waals surface area contributed by atoms with Crippen LogP contribution in [-0.2, 0) is 17.8 Å². The van der Waals surface area contributed by atoms with E-state index in [1.165, 1.54) is 28.5 Å². The third kappa shape index (κ3) is 6.43. The van der Waals surface area contributed by atoms with Crippen molar-refractivity contribution in [2.45, 2.75) is 44.6 Å². The standard InChI is InChI=1S/C34H39F2N7O2/c1-23-7-4-8-24-9-5-10-30(32(23)24)41-14-12-28-29(21-41)38-34(45-22-26-17-25(36)19-40(26)3)39-33(28)42-15-16-43(27(20-42)18-37-2)31(44)11-6-13-35/h4-11,25-27H,12-22H2,1,3H3/b11-6+/t25-,26+,27+/m1/s1. The van der Waals surface area contributed by atoms with Gasteiger partial charge in [0, 0.05) is 61.5 Å². The number of hydrogen-bond acceptors (Lipinski definition) is 7. The zero-order valence-electron chi connectivity index (χ0n) is 25.8. The second-order valence-corrected chi connectivity index (χ2v) is 12.1. The molecule has 45 heavy (non-hydrogen) atoms. The van der Waals surface area contributed by atoms with Crippen molar-refractivity contribution in [3.05, 3.63) is 76.8 Å². The molecule has 2 aromatic carbocycles. The molecule has 11 heteroatoms. The summed E-state index contributed by atoms with van der Waals surface area (Å²) in [6.07, 6.45) is 2.70. The highest BCUT2D eigenvalue weighted by atomic mass is 19.1. The van der Waals surface area contributed by atoms with E-state index >= 15 is 0 Å². The Bertz CT molecular complexity index is 1620. The van der Waals surface area contributed by atoms with Crippen LogP contribution >= 0.6 is 0 Å². The summed E-state index contributed by atoms with van der Waals surface area (Å²) in [5.41, 5.74) is 4.29. The van der Waals surface area contributed by atoms with Crippen LogP contribution in [-0.4, -0.2) is 104 Å². The molecule has 2 fully saturated rings. The topological polar surface area (TPSA) is 69.4 Å². The van der Waals surface area contributed by atoms with Crippen molar-refractivity contribution in [1.82, 2.24) is 19.8 Å². The lowest BCUT2D eigenvalue weighted by molar-refractivity contribution is -0.128. The number of benzene rings is 2. The fourth-order valence-corrected chi connectivity index (χ4v) is 6.91. The van der Waals surface area contributed by atoms with Gasteiger partial charge in [0.05, 0.1) is 12.2 Å². The van der Waals surface area contributed by atoms with Crippen molar-refractivity contribution in [3.63, 3.8) is 0 Å². The second kappa shape index (κ2) is 13.4. The molecule has 0 aliphatic carbocycles. The van der Waals surface area contributed by atoms with Gasteiger partial charge in [0.2, 0.25) is 12.5 Å².